The summed E-state index contributed by atoms with van der Waals surface area (Å²) in [6.45, 7) is 4.16. The van der Waals surface area contributed by atoms with Gasteiger partial charge < -0.3 is 9.84 Å². The van der Waals surface area contributed by atoms with Gasteiger partial charge in [-0.25, -0.2) is 8.42 Å². The van der Waals surface area contributed by atoms with E-state index in [1.54, 1.807) is 0 Å². The minimum atomic E-state index is -2.97. The van der Waals surface area contributed by atoms with Crippen LogP contribution in [0.25, 0.3) is 0 Å². The van der Waals surface area contributed by atoms with Gasteiger partial charge in [0.2, 0.25) is 0 Å². The normalized spacial score (nSPS) is 17.2. The maximum absolute atomic E-state index is 11.7. The van der Waals surface area contributed by atoms with Gasteiger partial charge in [0.25, 0.3) is 0 Å². The second-order valence-corrected chi connectivity index (χ2v) is 10.6. The number of sulfone groups is 1. The van der Waals surface area contributed by atoms with Crippen molar-refractivity contribution in [2.24, 2.45) is 0 Å². The molecule has 0 amide bonds. The monoisotopic (exact) mass is 418 g/mol. The van der Waals surface area contributed by atoms with E-state index in [-0.39, 0.29) is 23.2 Å². The highest BCUT2D eigenvalue weighted by atomic mass is 32.2. The van der Waals surface area contributed by atoms with Gasteiger partial charge in [-0.3, -0.25) is 4.79 Å². The molecule has 2 aliphatic heterocycles. The first kappa shape index (κ1) is 19.3. The van der Waals surface area contributed by atoms with Gasteiger partial charge in [0, 0.05) is 28.4 Å². The van der Waals surface area contributed by atoms with Crippen molar-refractivity contribution in [2.45, 2.75) is 37.5 Å². The van der Waals surface area contributed by atoms with Gasteiger partial charge in [0.1, 0.15) is 11.5 Å². The van der Waals surface area contributed by atoms with Crippen molar-refractivity contribution in [3.05, 3.63) is 52.1 Å². The Morgan fingerprint density at radius 1 is 1.21 bits per heavy atom. The van der Waals surface area contributed by atoms with Gasteiger partial charge in [-0.1, -0.05) is 19.1 Å². The van der Waals surface area contributed by atoms with Crippen molar-refractivity contribution < 1.29 is 23.1 Å². The summed E-state index contributed by atoms with van der Waals surface area (Å²) >= 11 is 1.26. The van der Waals surface area contributed by atoms with Gasteiger partial charge in [-0.15, -0.1) is 11.8 Å². The summed E-state index contributed by atoms with van der Waals surface area (Å²) in [6, 6.07) is 8.01. The Bertz CT molecular complexity index is 1060. The standard InChI is InChI=1S/C21H22O5S2/c1-3-13-6-12(2)7-19-16(13)8-17-18(26-19)5-4-15(14-10-28(24,25)11-14)21(17)27-9-20(22)23/h4-7,14H,3,8-11H2,1-2H3,(H,22,23). The van der Waals surface area contributed by atoms with Crippen LogP contribution in [0, 0.1) is 6.92 Å². The Kier molecular flexibility index (Phi) is 4.91. The first-order valence-corrected chi connectivity index (χ1v) is 12.1. The molecular weight excluding hydrogens is 396 g/mol. The second-order valence-electron chi connectivity index (χ2n) is 7.45. The van der Waals surface area contributed by atoms with Crippen LogP contribution >= 0.6 is 11.8 Å². The molecule has 0 aliphatic carbocycles. The number of aryl methyl sites for hydroxylation is 2. The molecule has 0 spiro atoms. The molecule has 0 bridgehead atoms. The summed E-state index contributed by atoms with van der Waals surface area (Å²) in [7, 11) is -2.97. The van der Waals surface area contributed by atoms with Crippen LogP contribution in [0.1, 0.15) is 40.7 Å². The van der Waals surface area contributed by atoms with Crippen LogP contribution in [0.2, 0.25) is 0 Å². The van der Waals surface area contributed by atoms with E-state index in [9.17, 15) is 18.3 Å². The smallest absolute Gasteiger partial charge is 0.313 e. The van der Waals surface area contributed by atoms with E-state index >= 15 is 0 Å². The average Bonchev–Trinajstić information content (AvgIpc) is 2.61. The number of carboxylic acids is 1. The molecule has 28 heavy (non-hydrogen) atoms. The van der Waals surface area contributed by atoms with Gasteiger partial charge >= 0.3 is 5.97 Å². The third-order valence-electron chi connectivity index (χ3n) is 5.34. The molecule has 7 heteroatoms. The molecule has 1 N–H and O–H groups in total. The predicted molar refractivity (Wildman–Crippen MR) is 110 cm³/mol. The molecule has 0 saturated carbocycles. The Hall–Kier alpha value is -1.99. The van der Waals surface area contributed by atoms with Gasteiger partial charge in [0.05, 0.1) is 17.3 Å². The van der Waals surface area contributed by atoms with E-state index in [0.29, 0.717) is 6.42 Å². The molecule has 2 aromatic carbocycles. The lowest BCUT2D eigenvalue weighted by molar-refractivity contribution is -0.133. The lowest BCUT2D eigenvalue weighted by Gasteiger charge is -2.31. The molecule has 0 unspecified atom stereocenters. The van der Waals surface area contributed by atoms with Crippen molar-refractivity contribution in [3.8, 4) is 11.5 Å². The quantitative estimate of drug-likeness (QED) is 0.632. The molecule has 1 saturated heterocycles. The highest BCUT2D eigenvalue weighted by Crippen LogP contribution is 2.46. The zero-order valence-electron chi connectivity index (χ0n) is 15.8. The molecule has 0 atom stereocenters. The first-order chi connectivity index (χ1) is 13.3. The van der Waals surface area contributed by atoms with Crippen molar-refractivity contribution in [1.29, 1.82) is 0 Å². The lowest BCUT2D eigenvalue weighted by Crippen LogP contribution is -2.34. The summed E-state index contributed by atoms with van der Waals surface area (Å²) in [5.74, 6) is 0.821. The minimum Gasteiger partial charge on any atom is -0.481 e. The van der Waals surface area contributed by atoms with Crippen LogP contribution in [0.5, 0.6) is 11.5 Å². The van der Waals surface area contributed by atoms with Gasteiger partial charge in [-0.05, 0) is 42.2 Å². The SMILES string of the molecule is CCc1cc(C)cc2c1Cc1c(ccc(C3CS(=O)(=O)C3)c1SCC(=O)O)O2. The Morgan fingerprint density at radius 3 is 2.61 bits per heavy atom. The zero-order valence-corrected chi connectivity index (χ0v) is 17.5. The second kappa shape index (κ2) is 7.12. The highest BCUT2D eigenvalue weighted by Gasteiger charge is 2.37. The van der Waals surface area contributed by atoms with Crippen LogP contribution in [0.15, 0.2) is 29.2 Å². The first-order valence-electron chi connectivity index (χ1n) is 9.28. The van der Waals surface area contributed by atoms with E-state index < -0.39 is 15.8 Å². The van der Waals surface area contributed by atoms with Crippen molar-refractivity contribution in [1.82, 2.24) is 0 Å². The third kappa shape index (κ3) is 3.53. The molecule has 0 radical (unpaired) electrons. The number of aliphatic carboxylic acids is 1. The van der Waals surface area contributed by atoms with E-state index in [1.165, 1.54) is 17.3 Å². The lowest BCUT2D eigenvalue weighted by atomic mass is 9.90. The van der Waals surface area contributed by atoms with Gasteiger partial charge in [0.15, 0.2) is 9.84 Å². The Labute approximate surface area is 169 Å². The molecule has 1 fully saturated rings. The minimum absolute atomic E-state index is 0.0652. The number of ether oxygens (including phenoxy) is 1. The number of thioether (sulfide) groups is 1. The molecular formula is C21H22O5S2. The summed E-state index contributed by atoms with van der Waals surface area (Å²) in [6.07, 6.45) is 1.56. The van der Waals surface area contributed by atoms with E-state index in [1.807, 2.05) is 25.1 Å². The third-order valence-corrected chi connectivity index (χ3v) is 8.32. The maximum atomic E-state index is 11.7. The van der Waals surface area contributed by atoms with Crippen LogP contribution in [0.4, 0.5) is 0 Å². The number of hydrogen-bond donors (Lipinski definition) is 1. The van der Waals surface area contributed by atoms with Crippen LogP contribution in [-0.2, 0) is 27.5 Å². The molecule has 148 valence electrons. The van der Waals surface area contributed by atoms with E-state index in [4.69, 9.17) is 4.74 Å². The topological polar surface area (TPSA) is 80.7 Å². The fourth-order valence-corrected chi connectivity index (χ4v) is 6.52. The molecule has 4 rings (SSSR count). The molecule has 5 nitrogen and oxygen atoms in total. The van der Waals surface area contributed by atoms with E-state index in [2.05, 4.69) is 13.0 Å². The Morgan fingerprint density at radius 2 is 1.96 bits per heavy atom. The average molecular weight is 419 g/mol. The summed E-state index contributed by atoms with van der Waals surface area (Å²) in [4.78, 5) is 12.1. The van der Waals surface area contributed by atoms with Crippen molar-refractivity contribution in [2.75, 3.05) is 17.3 Å². The molecule has 2 aliphatic rings. The van der Waals surface area contributed by atoms with Crippen LogP contribution < -0.4 is 4.74 Å². The summed E-state index contributed by atoms with van der Waals surface area (Å²) < 4.78 is 29.6. The summed E-state index contributed by atoms with van der Waals surface area (Å²) in [5, 5.41) is 9.19. The molecule has 2 heterocycles. The summed E-state index contributed by atoms with van der Waals surface area (Å²) in [5.41, 5.74) is 5.41. The number of fused-ring (bicyclic) bond motifs is 2. The van der Waals surface area contributed by atoms with Crippen molar-refractivity contribution in [3.63, 3.8) is 0 Å². The molecule has 0 aromatic heterocycles. The molecule has 2 aromatic rings. The van der Waals surface area contributed by atoms with Crippen LogP contribution in [-0.4, -0.2) is 36.8 Å². The predicted octanol–water partition coefficient (Wildman–Crippen LogP) is 3.94. The largest absolute Gasteiger partial charge is 0.481 e. The van der Waals surface area contributed by atoms with E-state index in [0.717, 1.165) is 45.1 Å². The number of carboxylic acid groups (broad SMARTS) is 1. The highest BCUT2D eigenvalue weighted by molar-refractivity contribution is 8.00. The number of rotatable bonds is 5. The number of benzene rings is 2. The maximum Gasteiger partial charge on any atom is 0.313 e. The fourth-order valence-electron chi connectivity index (χ4n) is 4.02. The fraction of sp³-hybridized carbons (Fsp3) is 0.381. The number of hydrogen-bond acceptors (Lipinski definition) is 5. The number of carbonyl (C=O) groups is 1. The van der Waals surface area contributed by atoms with Crippen LogP contribution in [0.3, 0.4) is 0 Å². The zero-order chi connectivity index (χ0) is 20.1. The van der Waals surface area contributed by atoms with Crippen molar-refractivity contribution >= 4 is 27.6 Å². The van der Waals surface area contributed by atoms with Gasteiger partial charge in [-0.2, -0.15) is 0 Å². The Balaban J connectivity index is 1.79.